The summed E-state index contributed by atoms with van der Waals surface area (Å²) in [6.07, 6.45) is 4.64. The molecule has 2 N–H and O–H groups in total. The molecule has 1 saturated carbocycles. The smallest absolute Gasteiger partial charge is 0.230 e. The normalized spacial score (nSPS) is 16.7. The van der Waals surface area contributed by atoms with E-state index >= 15 is 0 Å². The van der Waals surface area contributed by atoms with E-state index in [0.29, 0.717) is 31.2 Å². The van der Waals surface area contributed by atoms with Gasteiger partial charge in [-0.2, -0.15) is 4.98 Å². The summed E-state index contributed by atoms with van der Waals surface area (Å²) >= 11 is 0. The number of nitrogens with one attached hydrogen (secondary N) is 2. The van der Waals surface area contributed by atoms with Gasteiger partial charge in [0.25, 0.3) is 0 Å². The summed E-state index contributed by atoms with van der Waals surface area (Å²) in [5, 5.41) is 10.3. The first-order chi connectivity index (χ1) is 12.0. The van der Waals surface area contributed by atoms with Gasteiger partial charge in [-0.05, 0) is 26.7 Å². The molecule has 0 saturated heterocycles. The molecule has 0 aromatic carbocycles. The molecule has 8 heteroatoms. The van der Waals surface area contributed by atoms with Crippen molar-refractivity contribution >= 4 is 11.9 Å². The van der Waals surface area contributed by atoms with Gasteiger partial charge >= 0.3 is 0 Å². The van der Waals surface area contributed by atoms with Gasteiger partial charge in [-0.25, -0.2) is 0 Å². The lowest BCUT2D eigenvalue weighted by Gasteiger charge is -2.29. The lowest BCUT2D eigenvalue weighted by Crippen LogP contribution is -2.43. The third-order valence-corrected chi connectivity index (χ3v) is 4.51. The number of hydrogen-bond acceptors (Lipinski definition) is 5. The average molecular weight is 350 g/mol. The number of hydrogen-bond donors (Lipinski definition) is 2. The molecule has 1 aliphatic rings. The number of nitrogens with zero attached hydrogens (tertiary/aromatic N) is 4. The van der Waals surface area contributed by atoms with Crippen LogP contribution in [-0.2, 0) is 11.2 Å². The van der Waals surface area contributed by atoms with Crippen LogP contribution in [0.1, 0.15) is 44.3 Å². The van der Waals surface area contributed by atoms with Crippen molar-refractivity contribution in [3.8, 4) is 0 Å². The van der Waals surface area contributed by atoms with Crippen LogP contribution in [0.2, 0.25) is 0 Å². The van der Waals surface area contributed by atoms with Crippen molar-refractivity contribution in [2.45, 2.75) is 46.0 Å². The number of aliphatic imine (C=N–C) groups is 1. The average Bonchev–Trinajstić information content (AvgIpc) is 3.22. The van der Waals surface area contributed by atoms with Crippen LogP contribution in [0.4, 0.5) is 0 Å². The number of aromatic nitrogens is 2. The Morgan fingerprint density at radius 2 is 2.04 bits per heavy atom. The Morgan fingerprint density at radius 3 is 2.60 bits per heavy atom. The van der Waals surface area contributed by atoms with E-state index in [0.717, 1.165) is 38.2 Å². The monoisotopic (exact) mass is 350 g/mol. The molecule has 1 aliphatic carbocycles. The molecule has 1 heterocycles. The minimum atomic E-state index is -0.352. The highest BCUT2D eigenvalue weighted by Gasteiger charge is 2.42. The Hall–Kier alpha value is -2.12. The Bertz CT molecular complexity index is 590. The molecular weight excluding hydrogens is 320 g/mol. The highest BCUT2D eigenvalue weighted by Crippen LogP contribution is 2.39. The predicted octanol–water partition coefficient (Wildman–Crippen LogP) is 1.12. The Morgan fingerprint density at radius 1 is 1.32 bits per heavy atom. The van der Waals surface area contributed by atoms with E-state index in [2.05, 4.69) is 25.8 Å². The zero-order valence-corrected chi connectivity index (χ0v) is 15.8. The molecule has 140 valence electrons. The second-order valence-corrected chi connectivity index (χ2v) is 6.79. The Kier molecular flexibility index (Phi) is 6.78. The lowest BCUT2D eigenvalue weighted by atomic mass is 9.85. The predicted molar refractivity (Wildman–Crippen MR) is 96.3 cm³/mol. The summed E-state index contributed by atoms with van der Waals surface area (Å²) < 4.78 is 5.11. The first-order valence-corrected chi connectivity index (χ1v) is 9.00. The standard InChI is InChI=1S/C17H30N6O2/c1-5-18-16(19-11-8-14-21-13(2)22-25-14)20-12-17(9-6-7-10-17)15(24)23(3)4/h5-12H2,1-4H3,(H2,18,19,20). The molecule has 1 aromatic rings. The third kappa shape index (κ3) is 5.17. The fourth-order valence-corrected chi connectivity index (χ4v) is 3.27. The van der Waals surface area contributed by atoms with Crippen LogP contribution in [0.5, 0.6) is 0 Å². The van der Waals surface area contributed by atoms with Gasteiger partial charge in [-0.1, -0.05) is 18.0 Å². The quantitative estimate of drug-likeness (QED) is 0.565. The molecule has 1 amide bonds. The van der Waals surface area contributed by atoms with Crippen LogP contribution in [0.3, 0.4) is 0 Å². The van der Waals surface area contributed by atoms with Crippen molar-refractivity contribution in [3.63, 3.8) is 0 Å². The van der Waals surface area contributed by atoms with E-state index in [1.807, 2.05) is 21.0 Å². The number of carbonyl (C=O) groups is 1. The van der Waals surface area contributed by atoms with Gasteiger partial charge in [0, 0.05) is 33.6 Å². The number of amides is 1. The second kappa shape index (κ2) is 8.82. The van der Waals surface area contributed by atoms with Crippen molar-refractivity contribution in [2.75, 3.05) is 33.7 Å². The van der Waals surface area contributed by atoms with Crippen molar-refractivity contribution in [1.82, 2.24) is 25.7 Å². The summed E-state index contributed by atoms with van der Waals surface area (Å²) in [6.45, 7) is 5.74. The first kappa shape index (κ1) is 19.2. The van der Waals surface area contributed by atoms with Crippen molar-refractivity contribution in [3.05, 3.63) is 11.7 Å². The van der Waals surface area contributed by atoms with Gasteiger partial charge < -0.3 is 20.1 Å². The Labute approximate surface area is 149 Å². The molecule has 0 unspecified atom stereocenters. The number of guanidine groups is 1. The number of rotatable bonds is 7. The maximum Gasteiger partial charge on any atom is 0.230 e. The molecular formula is C17H30N6O2. The SMILES string of the molecule is CCNC(=NCC1(C(=O)N(C)C)CCCC1)NCCc1nc(C)no1. The molecule has 0 aliphatic heterocycles. The molecule has 25 heavy (non-hydrogen) atoms. The van der Waals surface area contributed by atoms with Crippen LogP contribution in [-0.4, -0.2) is 60.6 Å². The summed E-state index contributed by atoms with van der Waals surface area (Å²) in [7, 11) is 3.64. The van der Waals surface area contributed by atoms with Crippen molar-refractivity contribution in [2.24, 2.45) is 10.4 Å². The van der Waals surface area contributed by atoms with Crippen molar-refractivity contribution in [1.29, 1.82) is 0 Å². The van der Waals surface area contributed by atoms with E-state index < -0.39 is 0 Å². The minimum absolute atomic E-state index is 0.186. The van der Waals surface area contributed by atoms with Crippen LogP contribution < -0.4 is 10.6 Å². The van der Waals surface area contributed by atoms with E-state index in [4.69, 9.17) is 4.52 Å². The highest BCUT2D eigenvalue weighted by molar-refractivity contribution is 5.84. The van der Waals surface area contributed by atoms with Gasteiger partial charge in [0.15, 0.2) is 11.8 Å². The Balaban J connectivity index is 1.96. The largest absolute Gasteiger partial charge is 0.357 e. The van der Waals surface area contributed by atoms with Gasteiger partial charge in [-0.3, -0.25) is 9.79 Å². The molecule has 1 fully saturated rings. The number of aryl methyl sites for hydroxylation is 1. The highest BCUT2D eigenvalue weighted by atomic mass is 16.5. The third-order valence-electron chi connectivity index (χ3n) is 4.51. The fourth-order valence-electron chi connectivity index (χ4n) is 3.27. The topological polar surface area (TPSA) is 95.7 Å². The number of carbonyl (C=O) groups excluding carboxylic acids is 1. The maximum atomic E-state index is 12.6. The summed E-state index contributed by atoms with van der Waals surface area (Å²) in [5.74, 6) is 2.15. The van der Waals surface area contributed by atoms with E-state index in [-0.39, 0.29) is 11.3 Å². The van der Waals surface area contributed by atoms with Gasteiger partial charge in [-0.15, -0.1) is 0 Å². The molecule has 0 bridgehead atoms. The van der Waals surface area contributed by atoms with Gasteiger partial charge in [0.1, 0.15) is 0 Å². The minimum Gasteiger partial charge on any atom is -0.357 e. The summed E-state index contributed by atoms with van der Waals surface area (Å²) in [6, 6.07) is 0. The molecule has 0 spiro atoms. The van der Waals surface area contributed by atoms with Crippen molar-refractivity contribution < 1.29 is 9.32 Å². The molecule has 2 rings (SSSR count). The molecule has 0 atom stereocenters. The molecule has 0 radical (unpaired) electrons. The van der Waals surface area contributed by atoms with Crippen LogP contribution in [0.25, 0.3) is 0 Å². The molecule has 1 aromatic heterocycles. The first-order valence-electron chi connectivity index (χ1n) is 9.00. The zero-order valence-electron chi connectivity index (χ0n) is 15.8. The van der Waals surface area contributed by atoms with Crippen LogP contribution in [0.15, 0.2) is 9.52 Å². The molecule has 8 nitrogen and oxygen atoms in total. The van der Waals surface area contributed by atoms with Gasteiger partial charge in [0.05, 0.1) is 12.0 Å². The lowest BCUT2D eigenvalue weighted by molar-refractivity contribution is -0.138. The van der Waals surface area contributed by atoms with Crippen LogP contribution >= 0.6 is 0 Å². The zero-order chi connectivity index (χ0) is 18.3. The van der Waals surface area contributed by atoms with E-state index in [1.165, 1.54) is 0 Å². The fraction of sp³-hybridized carbons (Fsp3) is 0.765. The second-order valence-electron chi connectivity index (χ2n) is 6.79. The summed E-state index contributed by atoms with van der Waals surface area (Å²) in [4.78, 5) is 23.2. The summed E-state index contributed by atoms with van der Waals surface area (Å²) in [5.41, 5.74) is -0.352. The van der Waals surface area contributed by atoms with Gasteiger partial charge in [0.2, 0.25) is 11.8 Å². The van der Waals surface area contributed by atoms with E-state index in [1.54, 1.807) is 11.8 Å². The van der Waals surface area contributed by atoms with Crippen LogP contribution in [0, 0.1) is 12.3 Å². The van der Waals surface area contributed by atoms with E-state index in [9.17, 15) is 4.79 Å². The maximum absolute atomic E-state index is 12.6.